The number of aromatic nitrogens is 1. The molecule has 1 aromatic heterocycles. The van der Waals surface area contributed by atoms with Crippen LogP contribution in [0.25, 0.3) is 10.9 Å². The molecule has 166 valence electrons. The van der Waals surface area contributed by atoms with Crippen LogP contribution in [0.1, 0.15) is 29.7 Å². The maximum atomic E-state index is 10.6. The van der Waals surface area contributed by atoms with Crippen LogP contribution in [0.4, 0.5) is 0 Å². The van der Waals surface area contributed by atoms with Crippen LogP contribution in [-0.4, -0.2) is 62.6 Å². The zero-order chi connectivity index (χ0) is 22.1. The van der Waals surface area contributed by atoms with E-state index >= 15 is 0 Å². The number of fused-ring (bicyclic) bond motifs is 1. The van der Waals surface area contributed by atoms with Gasteiger partial charge in [0.1, 0.15) is 36.3 Å². The Hall–Kier alpha value is -2.42. The van der Waals surface area contributed by atoms with Gasteiger partial charge in [0.05, 0.1) is 18.7 Å². The number of aryl methyl sites for hydroxylation is 1. The molecule has 3 aromatic rings. The van der Waals surface area contributed by atoms with Crippen LogP contribution in [0.5, 0.6) is 5.75 Å². The van der Waals surface area contributed by atoms with E-state index in [1.807, 2.05) is 62.5 Å². The number of nitrogens with zero attached hydrogens (tertiary/aromatic N) is 1. The Morgan fingerprint density at radius 1 is 1.00 bits per heavy atom. The molecule has 4 rings (SSSR count). The Morgan fingerprint density at radius 2 is 1.74 bits per heavy atom. The molecule has 0 radical (unpaired) electrons. The Kier molecular flexibility index (Phi) is 6.31. The van der Waals surface area contributed by atoms with E-state index in [1.54, 1.807) is 0 Å². The van der Waals surface area contributed by atoms with E-state index in [0.29, 0.717) is 18.7 Å². The van der Waals surface area contributed by atoms with Crippen molar-refractivity contribution < 1.29 is 29.9 Å². The fourth-order valence-electron chi connectivity index (χ4n) is 4.34. The van der Waals surface area contributed by atoms with Crippen molar-refractivity contribution >= 4 is 10.9 Å². The van der Waals surface area contributed by atoms with Gasteiger partial charge in [-0.1, -0.05) is 30.3 Å². The summed E-state index contributed by atoms with van der Waals surface area (Å²) in [5.41, 5.74) is 3.87. The molecule has 0 spiro atoms. The molecule has 0 amide bonds. The van der Waals surface area contributed by atoms with Crippen LogP contribution in [0, 0.1) is 6.92 Å². The van der Waals surface area contributed by atoms with E-state index in [9.17, 15) is 20.4 Å². The van der Waals surface area contributed by atoms with Gasteiger partial charge in [0.15, 0.2) is 0 Å². The second-order valence-electron chi connectivity index (χ2n) is 8.01. The van der Waals surface area contributed by atoms with Crippen molar-refractivity contribution in [3.8, 4) is 5.75 Å². The highest BCUT2D eigenvalue weighted by Crippen LogP contribution is 2.38. The van der Waals surface area contributed by atoms with Gasteiger partial charge in [-0.2, -0.15) is 0 Å². The van der Waals surface area contributed by atoms with Crippen LogP contribution < -0.4 is 4.74 Å². The standard InChI is InChI=1S/C24H29NO6/c1-3-30-16-9-7-15(8-10-16)11-25-12-18(17-6-4-5-14(2)20(17)25)24-23(29)22(28)21(27)19(13-26)31-24/h4-10,12,19,21-24,26-29H,3,11,13H2,1-2H3/t19-,21-,22+,23-,24+/m1/s1. The number of hydrogen-bond acceptors (Lipinski definition) is 6. The van der Waals surface area contributed by atoms with Gasteiger partial charge in [-0.15, -0.1) is 0 Å². The maximum absolute atomic E-state index is 10.6. The van der Waals surface area contributed by atoms with E-state index < -0.39 is 37.1 Å². The minimum Gasteiger partial charge on any atom is -0.494 e. The summed E-state index contributed by atoms with van der Waals surface area (Å²) in [5.74, 6) is 0.821. The number of benzene rings is 2. The number of hydrogen-bond donors (Lipinski definition) is 4. The first-order valence-corrected chi connectivity index (χ1v) is 10.5. The van der Waals surface area contributed by atoms with Crippen molar-refractivity contribution in [3.63, 3.8) is 0 Å². The molecule has 1 aliphatic rings. The molecule has 31 heavy (non-hydrogen) atoms. The zero-order valence-electron chi connectivity index (χ0n) is 17.7. The number of para-hydroxylation sites is 1. The summed E-state index contributed by atoms with van der Waals surface area (Å²) < 4.78 is 13.4. The fraction of sp³-hybridized carbons (Fsp3) is 0.417. The molecule has 7 nitrogen and oxygen atoms in total. The van der Waals surface area contributed by atoms with Gasteiger partial charge < -0.3 is 34.5 Å². The van der Waals surface area contributed by atoms with Crippen molar-refractivity contribution in [2.24, 2.45) is 0 Å². The van der Waals surface area contributed by atoms with Crippen LogP contribution in [0.2, 0.25) is 0 Å². The van der Waals surface area contributed by atoms with Gasteiger partial charge in [0.2, 0.25) is 0 Å². The van der Waals surface area contributed by atoms with Crippen molar-refractivity contribution in [2.45, 2.75) is 50.9 Å². The summed E-state index contributed by atoms with van der Waals surface area (Å²) in [4.78, 5) is 0. The average Bonchev–Trinajstić information content (AvgIpc) is 3.13. The third-order valence-corrected chi connectivity index (χ3v) is 5.92. The van der Waals surface area contributed by atoms with E-state index in [-0.39, 0.29) is 0 Å². The highest BCUT2D eigenvalue weighted by molar-refractivity contribution is 5.87. The minimum atomic E-state index is -1.41. The predicted octanol–water partition coefficient (Wildman–Crippen LogP) is 1.91. The predicted molar refractivity (Wildman–Crippen MR) is 116 cm³/mol. The molecular formula is C24H29NO6. The van der Waals surface area contributed by atoms with Crippen LogP contribution in [0.3, 0.4) is 0 Å². The van der Waals surface area contributed by atoms with Crippen molar-refractivity contribution in [3.05, 3.63) is 65.4 Å². The number of aliphatic hydroxyl groups excluding tert-OH is 4. The first kappa shape index (κ1) is 21.8. The lowest BCUT2D eigenvalue weighted by Crippen LogP contribution is -2.55. The van der Waals surface area contributed by atoms with E-state index in [4.69, 9.17) is 9.47 Å². The van der Waals surface area contributed by atoms with Gasteiger partial charge in [0.25, 0.3) is 0 Å². The molecule has 1 saturated heterocycles. The summed E-state index contributed by atoms with van der Waals surface area (Å²) in [7, 11) is 0. The Balaban J connectivity index is 1.73. The van der Waals surface area contributed by atoms with Crippen LogP contribution in [0.15, 0.2) is 48.7 Å². The first-order chi connectivity index (χ1) is 14.9. The van der Waals surface area contributed by atoms with Crippen LogP contribution >= 0.6 is 0 Å². The number of rotatable bonds is 6. The third kappa shape index (κ3) is 4.07. The Bertz CT molecular complexity index is 1030. The van der Waals surface area contributed by atoms with E-state index in [0.717, 1.165) is 27.8 Å². The smallest absolute Gasteiger partial charge is 0.119 e. The monoisotopic (exact) mass is 427 g/mol. The molecule has 1 fully saturated rings. The molecular weight excluding hydrogens is 398 g/mol. The number of aliphatic hydroxyl groups is 4. The Labute approximate surface area is 181 Å². The summed E-state index contributed by atoms with van der Waals surface area (Å²) in [5, 5.41) is 41.5. The third-order valence-electron chi connectivity index (χ3n) is 5.92. The average molecular weight is 427 g/mol. The minimum absolute atomic E-state index is 0.453. The van der Waals surface area contributed by atoms with E-state index in [1.165, 1.54) is 0 Å². The lowest BCUT2D eigenvalue weighted by atomic mass is 9.91. The van der Waals surface area contributed by atoms with Crippen molar-refractivity contribution in [1.82, 2.24) is 4.57 Å². The molecule has 0 bridgehead atoms. The zero-order valence-corrected chi connectivity index (χ0v) is 17.7. The highest BCUT2D eigenvalue weighted by atomic mass is 16.5. The molecule has 0 aliphatic carbocycles. The maximum Gasteiger partial charge on any atom is 0.119 e. The number of ether oxygens (including phenoxy) is 2. The molecule has 2 aromatic carbocycles. The largest absolute Gasteiger partial charge is 0.494 e. The molecule has 0 unspecified atom stereocenters. The highest BCUT2D eigenvalue weighted by Gasteiger charge is 2.44. The van der Waals surface area contributed by atoms with Gasteiger partial charge >= 0.3 is 0 Å². The quantitative estimate of drug-likeness (QED) is 0.479. The second kappa shape index (κ2) is 8.98. The normalized spacial score (nSPS) is 26.3. The molecule has 2 heterocycles. The molecule has 5 atom stereocenters. The Morgan fingerprint density at radius 3 is 2.42 bits per heavy atom. The lowest BCUT2D eigenvalue weighted by Gasteiger charge is -2.40. The summed E-state index contributed by atoms with van der Waals surface area (Å²) in [6.45, 7) is 4.73. The molecule has 4 N–H and O–H groups in total. The lowest BCUT2D eigenvalue weighted by molar-refractivity contribution is -0.231. The van der Waals surface area contributed by atoms with Crippen molar-refractivity contribution in [2.75, 3.05) is 13.2 Å². The summed E-state index contributed by atoms with van der Waals surface area (Å²) in [6, 6.07) is 13.8. The van der Waals surface area contributed by atoms with Gasteiger partial charge in [-0.3, -0.25) is 0 Å². The fourth-order valence-corrected chi connectivity index (χ4v) is 4.34. The van der Waals surface area contributed by atoms with Crippen molar-refractivity contribution in [1.29, 1.82) is 0 Å². The first-order valence-electron chi connectivity index (χ1n) is 10.5. The van der Waals surface area contributed by atoms with E-state index in [2.05, 4.69) is 4.57 Å². The molecule has 7 heteroatoms. The van der Waals surface area contributed by atoms with Crippen LogP contribution in [-0.2, 0) is 11.3 Å². The topological polar surface area (TPSA) is 104 Å². The second-order valence-corrected chi connectivity index (χ2v) is 8.01. The summed E-state index contributed by atoms with van der Waals surface area (Å²) >= 11 is 0. The molecule has 0 saturated carbocycles. The van der Waals surface area contributed by atoms with Gasteiger partial charge in [-0.05, 0) is 37.1 Å². The summed E-state index contributed by atoms with van der Waals surface area (Å²) in [6.07, 6.45) is -4.01. The van der Waals surface area contributed by atoms with Gasteiger partial charge in [-0.25, -0.2) is 0 Å². The van der Waals surface area contributed by atoms with Gasteiger partial charge in [0, 0.05) is 23.7 Å². The SMILES string of the molecule is CCOc1ccc(Cn2cc([C@@H]3O[C@H](CO)[C@@H](O)[C@H](O)[C@H]3O)c3cccc(C)c32)cc1. The molecule has 1 aliphatic heterocycles.